The molecule has 0 aliphatic rings. The lowest BCUT2D eigenvalue weighted by atomic mass is 10.4. The van der Waals surface area contributed by atoms with E-state index in [1.165, 1.54) is 13.8 Å². The van der Waals surface area contributed by atoms with Gasteiger partial charge in [-0.1, -0.05) is 0 Å². The molecule has 0 aromatic heterocycles. The van der Waals surface area contributed by atoms with E-state index in [1.807, 2.05) is 14.1 Å². The largest absolute Gasteiger partial charge is 0.462 e. The van der Waals surface area contributed by atoms with Crippen LogP contribution >= 0.6 is 0 Å². The van der Waals surface area contributed by atoms with Crippen molar-refractivity contribution in [2.75, 3.05) is 20.7 Å². The monoisotopic (exact) mass is 205 g/mol. The number of nitrogens with one attached hydrogen (secondary N) is 1. The van der Waals surface area contributed by atoms with E-state index in [9.17, 15) is 9.59 Å². The second kappa shape index (κ2) is 9.98. The fourth-order valence-corrected chi connectivity index (χ4v) is 0.552. The molecule has 5 heteroatoms. The van der Waals surface area contributed by atoms with Crippen molar-refractivity contribution in [1.82, 2.24) is 5.32 Å². The molecule has 0 saturated heterocycles. The van der Waals surface area contributed by atoms with Gasteiger partial charge >= 0.3 is 11.9 Å². The number of rotatable bonds is 3. The van der Waals surface area contributed by atoms with Crippen molar-refractivity contribution < 1.29 is 19.1 Å². The Kier molecular flexibility index (Phi) is 11.0. The minimum Gasteiger partial charge on any atom is -0.462 e. The van der Waals surface area contributed by atoms with Crippen LogP contribution in [-0.4, -0.2) is 38.7 Å². The molecule has 5 nitrogen and oxygen atoms in total. The Morgan fingerprint density at radius 2 is 1.64 bits per heavy atom. The number of carbonyl (C=O) groups excluding carboxylic acids is 2. The summed E-state index contributed by atoms with van der Waals surface area (Å²) < 4.78 is 9.27. The molecule has 1 atom stereocenters. The zero-order chi connectivity index (χ0) is 11.6. The molecule has 1 unspecified atom stereocenters. The number of hydrogen-bond acceptors (Lipinski definition) is 5. The second-order valence-electron chi connectivity index (χ2n) is 2.72. The lowest BCUT2D eigenvalue weighted by Crippen LogP contribution is -2.19. The maximum Gasteiger partial charge on any atom is 0.303 e. The number of carbonyl (C=O) groups is 2. The van der Waals surface area contributed by atoms with Crippen LogP contribution in [0.15, 0.2) is 0 Å². The van der Waals surface area contributed by atoms with Crippen molar-refractivity contribution in [3.8, 4) is 0 Å². The average Bonchev–Trinajstić information content (AvgIpc) is 2.01. The van der Waals surface area contributed by atoms with E-state index in [0.29, 0.717) is 0 Å². The fourth-order valence-electron chi connectivity index (χ4n) is 0.552. The van der Waals surface area contributed by atoms with Gasteiger partial charge in [0.05, 0.1) is 0 Å². The lowest BCUT2D eigenvalue weighted by molar-refractivity contribution is -0.155. The molecule has 0 amide bonds. The molecule has 84 valence electrons. The molecule has 0 aromatic rings. The molecule has 0 radical (unpaired) electrons. The first-order valence-electron chi connectivity index (χ1n) is 4.33. The van der Waals surface area contributed by atoms with E-state index in [1.54, 1.807) is 6.92 Å². The molecule has 0 rings (SSSR count). The van der Waals surface area contributed by atoms with E-state index in [-0.39, 0.29) is 24.6 Å². The Hall–Kier alpha value is -1.10. The van der Waals surface area contributed by atoms with Gasteiger partial charge < -0.3 is 14.8 Å². The molecule has 0 heterocycles. The van der Waals surface area contributed by atoms with Gasteiger partial charge in [0.2, 0.25) is 0 Å². The zero-order valence-corrected chi connectivity index (χ0v) is 9.42. The van der Waals surface area contributed by atoms with Gasteiger partial charge in [-0.15, -0.1) is 0 Å². The fraction of sp³-hybridized carbons (Fsp3) is 0.778. The third-order valence-electron chi connectivity index (χ3n) is 0.888. The van der Waals surface area contributed by atoms with E-state index >= 15 is 0 Å². The van der Waals surface area contributed by atoms with Crippen LogP contribution in [0.1, 0.15) is 20.8 Å². The van der Waals surface area contributed by atoms with Crippen molar-refractivity contribution in [3.05, 3.63) is 0 Å². The van der Waals surface area contributed by atoms with Crippen molar-refractivity contribution in [2.45, 2.75) is 26.9 Å². The first kappa shape index (κ1) is 15.4. The van der Waals surface area contributed by atoms with E-state index in [0.717, 1.165) is 0 Å². The normalized spacial score (nSPS) is 10.6. The summed E-state index contributed by atoms with van der Waals surface area (Å²) in [4.78, 5) is 20.6. The average molecular weight is 205 g/mol. The van der Waals surface area contributed by atoms with Gasteiger partial charge in [-0.05, 0) is 21.0 Å². The summed E-state index contributed by atoms with van der Waals surface area (Å²) in [7, 11) is 3.75. The van der Waals surface area contributed by atoms with Gasteiger partial charge in [0, 0.05) is 13.8 Å². The SMILES string of the molecule is CC(=O)OCC(C)OC(C)=O.CNC. The van der Waals surface area contributed by atoms with Gasteiger partial charge in [0.15, 0.2) is 0 Å². The third kappa shape index (κ3) is 17.1. The van der Waals surface area contributed by atoms with Gasteiger partial charge in [-0.25, -0.2) is 0 Å². The first-order chi connectivity index (χ1) is 6.43. The lowest BCUT2D eigenvalue weighted by Gasteiger charge is -2.10. The van der Waals surface area contributed by atoms with Crippen LogP contribution in [0.5, 0.6) is 0 Å². The molecule has 0 bridgehead atoms. The second-order valence-corrected chi connectivity index (χ2v) is 2.72. The van der Waals surface area contributed by atoms with Gasteiger partial charge in [-0.2, -0.15) is 0 Å². The molecule has 1 N–H and O–H groups in total. The Bertz CT molecular complexity index is 170. The maximum absolute atomic E-state index is 10.3. The van der Waals surface area contributed by atoms with Gasteiger partial charge in [0.1, 0.15) is 12.7 Å². The van der Waals surface area contributed by atoms with Crippen molar-refractivity contribution >= 4 is 11.9 Å². The Labute approximate surface area is 84.8 Å². The van der Waals surface area contributed by atoms with Crippen LogP contribution in [0.2, 0.25) is 0 Å². The van der Waals surface area contributed by atoms with Crippen molar-refractivity contribution in [3.63, 3.8) is 0 Å². The molecule has 0 aromatic carbocycles. The summed E-state index contributed by atoms with van der Waals surface area (Å²) >= 11 is 0. The molecule has 0 spiro atoms. The molecule has 0 saturated carbocycles. The van der Waals surface area contributed by atoms with E-state index in [2.05, 4.69) is 14.8 Å². The summed E-state index contributed by atoms with van der Waals surface area (Å²) in [6.07, 6.45) is -0.364. The predicted octanol–water partition coefficient (Wildman–Crippen LogP) is 0.337. The smallest absolute Gasteiger partial charge is 0.303 e. The van der Waals surface area contributed by atoms with Crippen molar-refractivity contribution in [2.24, 2.45) is 0 Å². The molecule has 0 aliphatic carbocycles. The van der Waals surface area contributed by atoms with Crippen LogP contribution in [0, 0.1) is 0 Å². The minimum atomic E-state index is -0.371. The third-order valence-corrected chi connectivity index (χ3v) is 0.888. The Morgan fingerprint density at radius 3 is 1.93 bits per heavy atom. The summed E-state index contributed by atoms with van der Waals surface area (Å²) in [6, 6.07) is 0. The van der Waals surface area contributed by atoms with Crippen LogP contribution in [0.3, 0.4) is 0 Å². The van der Waals surface area contributed by atoms with Crippen LogP contribution in [-0.2, 0) is 19.1 Å². The maximum atomic E-state index is 10.3. The van der Waals surface area contributed by atoms with Crippen LogP contribution in [0.4, 0.5) is 0 Å². The molecule has 14 heavy (non-hydrogen) atoms. The van der Waals surface area contributed by atoms with Gasteiger partial charge in [-0.3, -0.25) is 9.59 Å². The Balaban J connectivity index is 0. The highest BCUT2D eigenvalue weighted by molar-refractivity contribution is 5.67. The van der Waals surface area contributed by atoms with Crippen LogP contribution < -0.4 is 5.32 Å². The van der Waals surface area contributed by atoms with E-state index < -0.39 is 0 Å². The summed E-state index contributed by atoms with van der Waals surface area (Å²) in [5.74, 6) is -0.742. The topological polar surface area (TPSA) is 64.6 Å². The molecular weight excluding hydrogens is 186 g/mol. The highest BCUT2D eigenvalue weighted by Crippen LogP contribution is 1.92. The molecular formula is C9H19NO4. The number of esters is 2. The highest BCUT2D eigenvalue weighted by atomic mass is 16.6. The zero-order valence-electron chi connectivity index (χ0n) is 9.42. The summed E-state index contributed by atoms with van der Waals surface area (Å²) in [6.45, 7) is 4.39. The number of hydrogen-bond donors (Lipinski definition) is 1. The molecule has 0 aliphatic heterocycles. The first-order valence-corrected chi connectivity index (χ1v) is 4.33. The van der Waals surface area contributed by atoms with Gasteiger partial charge in [0.25, 0.3) is 0 Å². The van der Waals surface area contributed by atoms with Crippen molar-refractivity contribution in [1.29, 1.82) is 0 Å². The van der Waals surface area contributed by atoms with E-state index in [4.69, 9.17) is 0 Å². The Morgan fingerprint density at radius 1 is 1.21 bits per heavy atom. The minimum absolute atomic E-state index is 0.120. The quantitative estimate of drug-likeness (QED) is 0.673. The highest BCUT2D eigenvalue weighted by Gasteiger charge is 2.06. The number of ether oxygens (including phenoxy) is 2. The predicted molar refractivity (Wildman–Crippen MR) is 52.8 cm³/mol. The summed E-state index contributed by atoms with van der Waals surface area (Å²) in [5.41, 5.74) is 0. The van der Waals surface area contributed by atoms with Crippen LogP contribution in [0.25, 0.3) is 0 Å². The standard InChI is InChI=1S/C7H12O4.C2H7N/c1-5(11-7(3)9)4-10-6(2)8;1-3-2/h5H,4H2,1-3H3;3H,1-2H3. The molecule has 0 fully saturated rings. The summed E-state index contributed by atoms with van der Waals surface area (Å²) in [5, 5.41) is 2.75.